The molecule has 1 rings (SSSR count). The van der Waals surface area contributed by atoms with Gasteiger partial charge in [0.25, 0.3) is 0 Å². The predicted molar refractivity (Wildman–Crippen MR) is 61.7 cm³/mol. The molecule has 0 amide bonds. The fourth-order valence-electron chi connectivity index (χ4n) is 2.25. The topological polar surface area (TPSA) is 32.7 Å². The molecule has 3 nitrogen and oxygen atoms in total. The number of hydrogen-bond acceptors (Lipinski definition) is 3. The molecule has 86 valence electrons. The minimum atomic E-state index is 0.554. The van der Waals surface area contributed by atoms with E-state index >= 15 is 0 Å². The highest BCUT2D eigenvalue weighted by Crippen LogP contribution is 2.28. The molecule has 0 spiro atoms. The minimum absolute atomic E-state index is 0.554. The van der Waals surface area contributed by atoms with E-state index in [-0.39, 0.29) is 0 Å². The summed E-state index contributed by atoms with van der Waals surface area (Å²) in [4.78, 5) is 15.8. The van der Waals surface area contributed by atoms with Crippen molar-refractivity contribution in [3.63, 3.8) is 0 Å². The van der Waals surface area contributed by atoms with Crippen LogP contribution >= 0.6 is 0 Å². The van der Waals surface area contributed by atoms with E-state index in [2.05, 4.69) is 23.7 Å². The summed E-state index contributed by atoms with van der Waals surface area (Å²) in [6.45, 7) is 9.04. The van der Waals surface area contributed by atoms with Crippen molar-refractivity contribution in [1.82, 2.24) is 4.90 Å². The number of hydrogen-bond donors (Lipinski definition) is 0. The zero-order valence-corrected chi connectivity index (χ0v) is 9.96. The second-order valence-electron chi connectivity index (χ2n) is 5.26. The summed E-state index contributed by atoms with van der Waals surface area (Å²) in [7, 11) is 0. The van der Waals surface area contributed by atoms with Crippen LogP contribution in [0.3, 0.4) is 0 Å². The van der Waals surface area contributed by atoms with E-state index in [4.69, 9.17) is 0 Å². The number of aliphatic imine (C=N–C) groups is 1. The van der Waals surface area contributed by atoms with Gasteiger partial charge in [0, 0.05) is 13.1 Å². The summed E-state index contributed by atoms with van der Waals surface area (Å²) in [5.74, 6) is 0. The first-order chi connectivity index (χ1) is 7.14. The molecular formula is C12H22N2O. The zero-order valence-electron chi connectivity index (χ0n) is 9.96. The maximum Gasteiger partial charge on any atom is 0.234 e. The third-order valence-electron chi connectivity index (χ3n) is 2.86. The first-order valence-electron chi connectivity index (χ1n) is 5.90. The highest BCUT2D eigenvalue weighted by Gasteiger charge is 2.32. The SMILES string of the molecule is CC1(C)CN(CCCCCCN=C=O)C1. The maximum absolute atomic E-state index is 9.79. The van der Waals surface area contributed by atoms with E-state index in [9.17, 15) is 4.79 Å². The highest BCUT2D eigenvalue weighted by molar-refractivity contribution is 5.32. The van der Waals surface area contributed by atoms with Crippen molar-refractivity contribution >= 4 is 6.08 Å². The Bertz CT molecular complexity index is 224. The number of likely N-dealkylation sites (tertiary alicyclic amines) is 1. The van der Waals surface area contributed by atoms with Gasteiger partial charge < -0.3 is 4.90 Å². The molecule has 0 saturated carbocycles. The molecule has 0 atom stereocenters. The summed E-state index contributed by atoms with van der Waals surface area (Å²) in [6.07, 6.45) is 6.32. The van der Waals surface area contributed by atoms with Crippen molar-refractivity contribution in [1.29, 1.82) is 0 Å². The van der Waals surface area contributed by atoms with Gasteiger partial charge in [0.2, 0.25) is 6.08 Å². The average molecular weight is 210 g/mol. The Labute approximate surface area is 92.6 Å². The highest BCUT2D eigenvalue weighted by atomic mass is 16.1. The molecule has 1 heterocycles. The Balaban J connectivity index is 1.84. The van der Waals surface area contributed by atoms with Gasteiger partial charge in [0.1, 0.15) is 0 Å². The van der Waals surface area contributed by atoms with Crippen LogP contribution in [0.5, 0.6) is 0 Å². The molecule has 0 aromatic rings. The third kappa shape index (κ3) is 5.10. The van der Waals surface area contributed by atoms with Crippen LogP contribution < -0.4 is 0 Å². The van der Waals surface area contributed by atoms with Gasteiger partial charge in [-0.1, -0.05) is 26.7 Å². The van der Waals surface area contributed by atoms with Crippen molar-refractivity contribution in [3.05, 3.63) is 0 Å². The Hall–Kier alpha value is -0.660. The normalized spacial score (nSPS) is 19.3. The molecule has 0 aliphatic carbocycles. The first-order valence-corrected chi connectivity index (χ1v) is 5.90. The Morgan fingerprint density at radius 2 is 1.87 bits per heavy atom. The lowest BCUT2D eigenvalue weighted by molar-refractivity contribution is 0.0300. The van der Waals surface area contributed by atoms with Crippen molar-refractivity contribution in [2.24, 2.45) is 10.4 Å². The Morgan fingerprint density at radius 1 is 1.20 bits per heavy atom. The average Bonchev–Trinajstić information content (AvgIpc) is 2.13. The summed E-state index contributed by atoms with van der Waals surface area (Å²) < 4.78 is 0. The Kier molecular flexibility index (Phi) is 5.00. The third-order valence-corrected chi connectivity index (χ3v) is 2.86. The molecule has 0 aromatic heterocycles. The lowest BCUT2D eigenvalue weighted by atomic mass is 9.84. The van der Waals surface area contributed by atoms with E-state index in [1.54, 1.807) is 6.08 Å². The minimum Gasteiger partial charge on any atom is -0.302 e. The number of unbranched alkanes of at least 4 members (excludes halogenated alkanes) is 3. The summed E-state index contributed by atoms with van der Waals surface area (Å²) in [5.41, 5.74) is 0.554. The monoisotopic (exact) mass is 210 g/mol. The lowest BCUT2D eigenvalue weighted by Crippen LogP contribution is -2.52. The fourth-order valence-corrected chi connectivity index (χ4v) is 2.25. The van der Waals surface area contributed by atoms with Crippen LogP contribution in [-0.2, 0) is 4.79 Å². The maximum atomic E-state index is 9.79. The molecule has 1 saturated heterocycles. The number of carbonyl (C=O) groups excluding carboxylic acids is 1. The summed E-state index contributed by atoms with van der Waals surface area (Å²) in [6, 6.07) is 0. The van der Waals surface area contributed by atoms with Crippen LogP contribution in [0.15, 0.2) is 4.99 Å². The standard InChI is InChI=1S/C12H22N2O/c1-12(2)9-14(10-12)8-6-4-3-5-7-13-11-15/h3-10H2,1-2H3. The lowest BCUT2D eigenvalue weighted by Gasteiger charge is -2.46. The van der Waals surface area contributed by atoms with Crippen LogP contribution in [-0.4, -0.2) is 37.2 Å². The molecule has 0 radical (unpaired) electrons. The number of rotatable bonds is 7. The van der Waals surface area contributed by atoms with Crippen molar-refractivity contribution in [2.75, 3.05) is 26.2 Å². The largest absolute Gasteiger partial charge is 0.302 e. The van der Waals surface area contributed by atoms with Crippen LogP contribution in [0.25, 0.3) is 0 Å². The van der Waals surface area contributed by atoms with E-state index in [0.717, 1.165) is 6.42 Å². The zero-order chi connectivity index (χ0) is 11.1. The summed E-state index contributed by atoms with van der Waals surface area (Å²) in [5, 5.41) is 0. The van der Waals surface area contributed by atoms with Gasteiger partial charge in [-0.15, -0.1) is 0 Å². The molecule has 15 heavy (non-hydrogen) atoms. The Morgan fingerprint density at radius 3 is 2.47 bits per heavy atom. The fraction of sp³-hybridized carbons (Fsp3) is 0.917. The van der Waals surface area contributed by atoms with Gasteiger partial charge in [-0.2, -0.15) is 0 Å². The van der Waals surface area contributed by atoms with Crippen LogP contribution in [0, 0.1) is 5.41 Å². The molecular weight excluding hydrogens is 188 g/mol. The quantitative estimate of drug-likeness (QED) is 0.367. The second kappa shape index (κ2) is 6.04. The van der Waals surface area contributed by atoms with Gasteiger partial charge in [-0.05, 0) is 24.8 Å². The first kappa shape index (κ1) is 12.4. The molecule has 1 aliphatic heterocycles. The number of nitrogens with zero attached hydrogens (tertiary/aromatic N) is 2. The van der Waals surface area contributed by atoms with Gasteiger partial charge in [-0.3, -0.25) is 0 Å². The molecule has 0 aromatic carbocycles. The predicted octanol–water partition coefficient (Wildman–Crippen LogP) is 2.22. The van der Waals surface area contributed by atoms with Gasteiger partial charge in [-0.25, -0.2) is 9.79 Å². The molecule has 0 N–H and O–H groups in total. The molecule has 1 aliphatic rings. The van der Waals surface area contributed by atoms with Crippen LogP contribution in [0.4, 0.5) is 0 Å². The smallest absolute Gasteiger partial charge is 0.234 e. The summed E-state index contributed by atoms with van der Waals surface area (Å²) >= 11 is 0. The van der Waals surface area contributed by atoms with E-state index in [1.807, 2.05) is 0 Å². The molecule has 0 bridgehead atoms. The van der Waals surface area contributed by atoms with Gasteiger partial charge >= 0.3 is 0 Å². The van der Waals surface area contributed by atoms with Crippen molar-refractivity contribution < 1.29 is 4.79 Å². The van der Waals surface area contributed by atoms with Gasteiger partial charge in [0.15, 0.2) is 0 Å². The number of isocyanates is 1. The molecule has 1 fully saturated rings. The van der Waals surface area contributed by atoms with E-state index in [0.29, 0.717) is 12.0 Å². The van der Waals surface area contributed by atoms with Crippen molar-refractivity contribution in [3.8, 4) is 0 Å². The van der Waals surface area contributed by atoms with Gasteiger partial charge in [0.05, 0.1) is 6.54 Å². The van der Waals surface area contributed by atoms with Crippen LogP contribution in [0.2, 0.25) is 0 Å². The van der Waals surface area contributed by atoms with E-state index in [1.165, 1.54) is 38.9 Å². The molecule has 3 heteroatoms. The second-order valence-corrected chi connectivity index (χ2v) is 5.26. The van der Waals surface area contributed by atoms with Crippen LogP contribution in [0.1, 0.15) is 39.5 Å². The van der Waals surface area contributed by atoms with Crippen molar-refractivity contribution in [2.45, 2.75) is 39.5 Å². The van der Waals surface area contributed by atoms with E-state index < -0.39 is 0 Å². The molecule has 0 unspecified atom stereocenters.